The molecule has 1 aromatic heterocycles. The van der Waals surface area contributed by atoms with Gasteiger partial charge in [-0.3, -0.25) is 14.4 Å². The lowest BCUT2D eigenvalue weighted by Crippen LogP contribution is -2.48. The van der Waals surface area contributed by atoms with E-state index < -0.39 is 0 Å². The van der Waals surface area contributed by atoms with Crippen molar-refractivity contribution in [1.29, 1.82) is 0 Å². The van der Waals surface area contributed by atoms with Gasteiger partial charge < -0.3 is 4.90 Å². The van der Waals surface area contributed by atoms with E-state index in [-0.39, 0.29) is 11.9 Å². The van der Waals surface area contributed by atoms with Crippen molar-refractivity contribution in [3.63, 3.8) is 0 Å². The van der Waals surface area contributed by atoms with Crippen LogP contribution in [0.25, 0.3) is 10.9 Å². The summed E-state index contributed by atoms with van der Waals surface area (Å²) in [5.41, 5.74) is 2.13. The Morgan fingerprint density at radius 2 is 1.86 bits per heavy atom. The van der Waals surface area contributed by atoms with E-state index in [1.165, 1.54) is 0 Å². The van der Waals surface area contributed by atoms with Crippen molar-refractivity contribution >= 4 is 16.8 Å². The number of hydrogen-bond donors (Lipinski definition) is 0. The molecule has 0 saturated carbocycles. The fourth-order valence-electron chi connectivity index (χ4n) is 2.69. The summed E-state index contributed by atoms with van der Waals surface area (Å²) in [7, 11) is 5.79. The van der Waals surface area contributed by atoms with Gasteiger partial charge in [0.05, 0.1) is 11.7 Å². The van der Waals surface area contributed by atoms with E-state index in [4.69, 9.17) is 0 Å². The Bertz CT molecular complexity index is 634. The van der Waals surface area contributed by atoms with Crippen molar-refractivity contribution in [2.24, 2.45) is 7.05 Å². The summed E-state index contributed by atoms with van der Waals surface area (Å²) in [6, 6.07) is 5.96. The molecule has 0 N–H and O–H groups in total. The van der Waals surface area contributed by atoms with Gasteiger partial charge in [-0.15, -0.1) is 0 Å². The highest BCUT2D eigenvalue weighted by Crippen LogP contribution is 2.27. The minimum atomic E-state index is -0.177. The number of amides is 1. The Balaban J connectivity index is 0.000000774. The van der Waals surface area contributed by atoms with Crippen molar-refractivity contribution in [1.82, 2.24) is 19.6 Å². The second-order valence-electron chi connectivity index (χ2n) is 5.23. The van der Waals surface area contributed by atoms with Crippen molar-refractivity contribution in [2.45, 2.75) is 19.9 Å². The van der Waals surface area contributed by atoms with E-state index in [9.17, 15) is 4.79 Å². The monoisotopic (exact) mass is 288 g/mol. The summed E-state index contributed by atoms with van der Waals surface area (Å²) in [5.74, 6) is 0.164. The van der Waals surface area contributed by atoms with Crippen molar-refractivity contribution in [3.05, 3.63) is 30.0 Å². The maximum Gasteiger partial charge on any atom is 0.244 e. The number of rotatable bonds is 1. The fourth-order valence-corrected chi connectivity index (χ4v) is 2.69. The van der Waals surface area contributed by atoms with Crippen LogP contribution >= 0.6 is 0 Å². The summed E-state index contributed by atoms with van der Waals surface area (Å²) in [6.07, 6.45) is 1.84. The number of aromatic nitrogens is 2. The standard InChI is InChI=1S/C14H18N4O.C2H6/c1-16-6-7-17(2)14(19)13(16)10-4-5-12-11(8-10)9-15-18(12)3;1-2/h4-5,8-9,13H,6-7H2,1-3H3;1-2H3. The van der Waals surface area contributed by atoms with Crippen LogP contribution in [0.5, 0.6) is 0 Å². The number of benzene rings is 1. The lowest BCUT2D eigenvalue weighted by atomic mass is 10.0. The molecule has 1 aliphatic rings. The third kappa shape index (κ3) is 2.78. The molecule has 0 bridgehead atoms. The smallest absolute Gasteiger partial charge is 0.244 e. The number of piperazine rings is 1. The fraction of sp³-hybridized carbons (Fsp3) is 0.500. The van der Waals surface area contributed by atoms with Crippen LogP contribution in [0.4, 0.5) is 0 Å². The van der Waals surface area contributed by atoms with Gasteiger partial charge in [-0.1, -0.05) is 19.9 Å². The number of carbonyl (C=O) groups is 1. The summed E-state index contributed by atoms with van der Waals surface area (Å²) >= 11 is 0. The molecule has 114 valence electrons. The number of likely N-dealkylation sites (N-methyl/N-ethyl adjacent to an activating group) is 2. The molecule has 1 saturated heterocycles. The zero-order valence-electron chi connectivity index (χ0n) is 13.5. The lowest BCUT2D eigenvalue weighted by Gasteiger charge is -2.37. The molecule has 0 spiro atoms. The van der Waals surface area contributed by atoms with Gasteiger partial charge >= 0.3 is 0 Å². The van der Waals surface area contributed by atoms with Crippen LogP contribution in [-0.4, -0.2) is 52.7 Å². The first-order valence-corrected chi connectivity index (χ1v) is 7.45. The molecule has 1 aliphatic heterocycles. The molecule has 2 aromatic rings. The Labute approximate surface area is 126 Å². The summed E-state index contributed by atoms with van der Waals surface area (Å²) < 4.78 is 1.84. The highest BCUT2D eigenvalue weighted by atomic mass is 16.2. The molecular formula is C16H24N4O. The van der Waals surface area contributed by atoms with E-state index in [0.717, 1.165) is 29.6 Å². The Hall–Kier alpha value is -1.88. The van der Waals surface area contributed by atoms with Crippen LogP contribution in [-0.2, 0) is 11.8 Å². The zero-order valence-corrected chi connectivity index (χ0v) is 13.5. The molecule has 5 heteroatoms. The van der Waals surface area contributed by atoms with Gasteiger partial charge in [0.25, 0.3) is 0 Å². The molecule has 0 aliphatic carbocycles. The molecule has 1 amide bonds. The number of carbonyl (C=O) groups excluding carboxylic acids is 1. The van der Waals surface area contributed by atoms with Crippen molar-refractivity contribution < 1.29 is 4.79 Å². The van der Waals surface area contributed by atoms with Crippen LogP contribution in [0.3, 0.4) is 0 Å². The normalized spacial score (nSPS) is 19.6. The van der Waals surface area contributed by atoms with Crippen LogP contribution in [0.15, 0.2) is 24.4 Å². The molecule has 5 nitrogen and oxygen atoms in total. The van der Waals surface area contributed by atoms with Crippen LogP contribution in [0.2, 0.25) is 0 Å². The quantitative estimate of drug-likeness (QED) is 0.806. The summed E-state index contributed by atoms with van der Waals surface area (Å²) in [6.45, 7) is 5.69. The molecule has 21 heavy (non-hydrogen) atoms. The Kier molecular flexibility index (Phi) is 4.63. The Morgan fingerprint density at radius 1 is 1.14 bits per heavy atom. The first kappa shape index (κ1) is 15.5. The molecule has 0 radical (unpaired) electrons. The van der Waals surface area contributed by atoms with Crippen molar-refractivity contribution in [2.75, 3.05) is 27.2 Å². The highest BCUT2D eigenvalue weighted by Gasteiger charge is 2.32. The molecule has 1 unspecified atom stereocenters. The predicted molar refractivity (Wildman–Crippen MR) is 85.1 cm³/mol. The van der Waals surface area contributed by atoms with Gasteiger partial charge in [-0.2, -0.15) is 5.10 Å². The second kappa shape index (κ2) is 6.26. The first-order valence-electron chi connectivity index (χ1n) is 7.45. The average molecular weight is 288 g/mol. The average Bonchev–Trinajstić information content (AvgIpc) is 2.87. The molecule has 1 fully saturated rings. The van der Waals surface area contributed by atoms with Gasteiger partial charge in [0.15, 0.2) is 0 Å². The van der Waals surface area contributed by atoms with Gasteiger partial charge in [-0.05, 0) is 24.7 Å². The predicted octanol–water partition coefficient (Wildman–Crippen LogP) is 2.04. The minimum Gasteiger partial charge on any atom is -0.343 e. The topological polar surface area (TPSA) is 41.4 Å². The largest absolute Gasteiger partial charge is 0.343 e. The maximum absolute atomic E-state index is 12.3. The third-order valence-electron chi connectivity index (χ3n) is 3.93. The molecule has 2 heterocycles. The number of nitrogens with zero attached hydrogens (tertiary/aromatic N) is 4. The third-order valence-corrected chi connectivity index (χ3v) is 3.93. The molecule has 1 aromatic carbocycles. The van der Waals surface area contributed by atoms with Gasteiger partial charge in [0.1, 0.15) is 6.04 Å². The summed E-state index contributed by atoms with van der Waals surface area (Å²) in [5, 5.41) is 5.32. The number of hydrogen-bond acceptors (Lipinski definition) is 3. The summed E-state index contributed by atoms with van der Waals surface area (Å²) in [4.78, 5) is 16.3. The second-order valence-corrected chi connectivity index (χ2v) is 5.23. The zero-order chi connectivity index (χ0) is 15.6. The maximum atomic E-state index is 12.3. The lowest BCUT2D eigenvalue weighted by molar-refractivity contribution is -0.139. The number of fused-ring (bicyclic) bond motifs is 1. The Morgan fingerprint density at radius 3 is 2.57 bits per heavy atom. The van der Waals surface area contributed by atoms with Crippen LogP contribution < -0.4 is 0 Å². The van der Waals surface area contributed by atoms with E-state index in [1.807, 2.05) is 58.0 Å². The highest BCUT2D eigenvalue weighted by molar-refractivity contribution is 5.86. The molecule has 1 atom stereocenters. The van der Waals surface area contributed by atoms with E-state index in [0.29, 0.717) is 0 Å². The van der Waals surface area contributed by atoms with E-state index in [1.54, 1.807) is 4.90 Å². The van der Waals surface area contributed by atoms with E-state index in [2.05, 4.69) is 16.1 Å². The molecule has 3 rings (SSSR count). The minimum absolute atomic E-state index is 0.164. The van der Waals surface area contributed by atoms with Crippen molar-refractivity contribution in [3.8, 4) is 0 Å². The SMILES string of the molecule is CC.CN1CCN(C)C(c2ccc3c(cnn3C)c2)C1=O. The van der Waals surface area contributed by atoms with Crippen LogP contribution in [0.1, 0.15) is 25.5 Å². The van der Waals surface area contributed by atoms with Gasteiger partial charge in [0.2, 0.25) is 5.91 Å². The van der Waals surface area contributed by atoms with Gasteiger partial charge in [0, 0.05) is 32.6 Å². The van der Waals surface area contributed by atoms with Crippen LogP contribution in [0, 0.1) is 0 Å². The van der Waals surface area contributed by atoms with E-state index >= 15 is 0 Å². The molecular weight excluding hydrogens is 264 g/mol. The van der Waals surface area contributed by atoms with Gasteiger partial charge in [-0.25, -0.2) is 0 Å². The first-order chi connectivity index (χ1) is 10.1. The number of aryl methyl sites for hydroxylation is 1.